The minimum absolute atomic E-state index is 0.0371. The topological polar surface area (TPSA) is 55.8 Å². The van der Waals surface area contributed by atoms with Crippen LogP contribution in [0.3, 0.4) is 0 Å². The molecule has 0 spiro atoms. The number of para-hydroxylation sites is 1. The molecule has 0 heterocycles. The van der Waals surface area contributed by atoms with Crippen molar-refractivity contribution in [1.29, 1.82) is 0 Å². The van der Waals surface area contributed by atoms with Gasteiger partial charge in [0.1, 0.15) is 17.9 Å². The Morgan fingerprint density at radius 2 is 2.10 bits per heavy atom. The lowest BCUT2D eigenvalue weighted by molar-refractivity contribution is 0.0692. The molecule has 21 heavy (non-hydrogen) atoms. The van der Waals surface area contributed by atoms with Gasteiger partial charge in [0.05, 0.1) is 16.6 Å². The summed E-state index contributed by atoms with van der Waals surface area (Å²) >= 11 is 9.39. The Kier molecular flexibility index (Phi) is 5.09. The Hall–Kier alpha value is -1.72. The second kappa shape index (κ2) is 6.83. The smallest absolute Gasteiger partial charge is 0.339 e. The minimum atomic E-state index is -1.08. The number of halogens is 2. The van der Waals surface area contributed by atoms with Gasteiger partial charge in [-0.1, -0.05) is 23.7 Å². The molecule has 2 aromatic rings. The second-order valence-corrected chi connectivity index (χ2v) is 5.44. The Morgan fingerprint density at radius 3 is 2.71 bits per heavy atom. The first-order valence-corrected chi connectivity index (χ1v) is 7.17. The van der Waals surface area contributed by atoms with Crippen molar-refractivity contribution >= 4 is 33.5 Å². The molecule has 0 aliphatic heterocycles. The third-order valence-corrected chi connectivity index (χ3v) is 3.71. The molecule has 2 aromatic carbocycles. The standard InChI is InChI=1S/C15H12BrClO4/c1-20-13-6-5-9(7-11(13)16)8-21-14-10(15(18)19)3-2-4-12(14)17/h2-7H,8H2,1H3,(H,18,19). The van der Waals surface area contributed by atoms with Crippen LogP contribution in [-0.4, -0.2) is 18.2 Å². The molecule has 0 fully saturated rings. The maximum absolute atomic E-state index is 11.2. The molecule has 0 radical (unpaired) electrons. The van der Waals surface area contributed by atoms with Crippen molar-refractivity contribution in [1.82, 2.24) is 0 Å². The van der Waals surface area contributed by atoms with Crippen LogP contribution in [0.1, 0.15) is 15.9 Å². The molecule has 0 aliphatic carbocycles. The predicted octanol–water partition coefficient (Wildman–Crippen LogP) is 4.39. The largest absolute Gasteiger partial charge is 0.496 e. The number of carbonyl (C=O) groups is 1. The number of aromatic carboxylic acids is 1. The number of carboxylic acids is 1. The fraction of sp³-hybridized carbons (Fsp3) is 0.133. The van der Waals surface area contributed by atoms with Gasteiger partial charge in [0.2, 0.25) is 0 Å². The van der Waals surface area contributed by atoms with Gasteiger partial charge in [-0.05, 0) is 45.8 Å². The number of hydrogen-bond acceptors (Lipinski definition) is 3. The molecule has 0 aliphatic rings. The fourth-order valence-corrected chi connectivity index (χ4v) is 2.60. The highest BCUT2D eigenvalue weighted by Crippen LogP contribution is 2.30. The number of rotatable bonds is 5. The normalized spacial score (nSPS) is 10.2. The van der Waals surface area contributed by atoms with Gasteiger partial charge in [-0.25, -0.2) is 4.79 Å². The van der Waals surface area contributed by atoms with Crippen molar-refractivity contribution in [2.45, 2.75) is 6.61 Å². The molecule has 0 saturated carbocycles. The van der Waals surface area contributed by atoms with Crippen molar-refractivity contribution < 1.29 is 19.4 Å². The minimum Gasteiger partial charge on any atom is -0.496 e. The number of hydrogen-bond donors (Lipinski definition) is 1. The van der Waals surface area contributed by atoms with Gasteiger partial charge in [-0.3, -0.25) is 0 Å². The average Bonchev–Trinajstić information content (AvgIpc) is 2.45. The van der Waals surface area contributed by atoms with E-state index >= 15 is 0 Å². The lowest BCUT2D eigenvalue weighted by atomic mass is 10.2. The van der Waals surface area contributed by atoms with Gasteiger partial charge in [-0.2, -0.15) is 0 Å². The molecule has 0 unspecified atom stereocenters. The monoisotopic (exact) mass is 370 g/mol. The van der Waals surface area contributed by atoms with Gasteiger partial charge < -0.3 is 14.6 Å². The van der Waals surface area contributed by atoms with Crippen molar-refractivity contribution in [3.8, 4) is 11.5 Å². The van der Waals surface area contributed by atoms with E-state index < -0.39 is 5.97 Å². The van der Waals surface area contributed by atoms with Crippen LogP contribution < -0.4 is 9.47 Å². The van der Waals surface area contributed by atoms with Gasteiger partial charge in [0.25, 0.3) is 0 Å². The highest BCUT2D eigenvalue weighted by atomic mass is 79.9. The third kappa shape index (κ3) is 3.68. The summed E-state index contributed by atoms with van der Waals surface area (Å²) in [5.41, 5.74) is 0.897. The quantitative estimate of drug-likeness (QED) is 0.847. The third-order valence-electron chi connectivity index (χ3n) is 2.80. The molecule has 0 bridgehead atoms. The van der Waals surface area contributed by atoms with Crippen molar-refractivity contribution in [3.63, 3.8) is 0 Å². The van der Waals surface area contributed by atoms with E-state index in [-0.39, 0.29) is 22.9 Å². The lowest BCUT2D eigenvalue weighted by Gasteiger charge is -2.12. The van der Waals surface area contributed by atoms with Crippen LogP contribution in [0.25, 0.3) is 0 Å². The maximum Gasteiger partial charge on any atom is 0.339 e. The molecule has 2 rings (SSSR count). The molecule has 0 saturated heterocycles. The highest BCUT2D eigenvalue weighted by Gasteiger charge is 2.14. The molecule has 1 N–H and O–H groups in total. The van der Waals surface area contributed by atoms with E-state index in [1.807, 2.05) is 12.1 Å². The summed E-state index contributed by atoms with van der Waals surface area (Å²) in [6.07, 6.45) is 0. The van der Waals surface area contributed by atoms with Crippen molar-refractivity contribution in [2.75, 3.05) is 7.11 Å². The first-order valence-electron chi connectivity index (χ1n) is 6.00. The zero-order valence-corrected chi connectivity index (χ0v) is 13.4. The summed E-state index contributed by atoms with van der Waals surface area (Å²) in [6.45, 7) is 0.201. The van der Waals surface area contributed by atoms with E-state index in [0.29, 0.717) is 5.75 Å². The van der Waals surface area contributed by atoms with Gasteiger partial charge >= 0.3 is 5.97 Å². The van der Waals surface area contributed by atoms with Crippen LogP contribution >= 0.6 is 27.5 Å². The molecule has 4 nitrogen and oxygen atoms in total. The summed E-state index contributed by atoms with van der Waals surface area (Å²) in [6, 6.07) is 10.1. The van der Waals surface area contributed by atoms with E-state index in [0.717, 1.165) is 10.0 Å². The predicted molar refractivity (Wildman–Crippen MR) is 83.4 cm³/mol. The van der Waals surface area contributed by atoms with Crippen molar-refractivity contribution in [3.05, 3.63) is 57.0 Å². The van der Waals surface area contributed by atoms with Crippen LogP contribution in [0.15, 0.2) is 40.9 Å². The summed E-state index contributed by atoms with van der Waals surface area (Å²) in [7, 11) is 1.58. The highest BCUT2D eigenvalue weighted by molar-refractivity contribution is 9.10. The average molecular weight is 372 g/mol. The van der Waals surface area contributed by atoms with Gasteiger partial charge in [0.15, 0.2) is 5.75 Å². The molecular weight excluding hydrogens is 360 g/mol. The molecule has 0 amide bonds. The molecule has 6 heteroatoms. The van der Waals surface area contributed by atoms with Crippen LogP contribution in [0, 0.1) is 0 Å². The zero-order chi connectivity index (χ0) is 15.4. The Bertz CT molecular complexity index is 673. The number of carboxylic acid groups (broad SMARTS) is 1. The van der Waals surface area contributed by atoms with Crippen LogP contribution in [0.5, 0.6) is 11.5 Å². The van der Waals surface area contributed by atoms with Crippen LogP contribution in [-0.2, 0) is 6.61 Å². The Balaban J connectivity index is 2.20. The SMILES string of the molecule is COc1ccc(COc2c(Cl)cccc2C(=O)O)cc1Br. The number of benzene rings is 2. The van der Waals surface area contributed by atoms with E-state index in [1.54, 1.807) is 25.3 Å². The zero-order valence-electron chi connectivity index (χ0n) is 11.1. The van der Waals surface area contributed by atoms with Crippen molar-refractivity contribution in [2.24, 2.45) is 0 Å². The molecule has 110 valence electrons. The molecular formula is C15H12BrClO4. The first kappa shape index (κ1) is 15.7. The fourth-order valence-electron chi connectivity index (χ4n) is 1.78. The van der Waals surface area contributed by atoms with Crippen LogP contribution in [0.4, 0.5) is 0 Å². The van der Waals surface area contributed by atoms with Gasteiger partial charge in [-0.15, -0.1) is 0 Å². The summed E-state index contributed by atoms with van der Waals surface area (Å²) < 4.78 is 11.5. The second-order valence-electron chi connectivity index (χ2n) is 4.18. The van der Waals surface area contributed by atoms with Crippen LogP contribution in [0.2, 0.25) is 5.02 Å². The van der Waals surface area contributed by atoms with E-state index in [1.165, 1.54) is 6.07 Å². The molecule has 0 atom stereocenters. The Morgan fingerprint density at radius 1 is 1.33 bits per heavy atom. The summed E-state index contributed by atoms with van der Waals surface area (Å²) in [5.74, 6) is -0.204. The summed E-state index contributed by atoms with van der Waals surface area (Å²) in [5, 5.41) is 9.40. The molecule has 0 aromatic heterocycles. The number of ether oxygens (including phenoxy) is 2. The van der Waals surface area contributed by atoms with E-state index in [4.69, 9.17) is 26.2 Å². The van der Waals surface area contributed by atoms with E-state index in [2.05, 4.69) is 15.9 Å². The van der Waals surface area contributed by atoms with Gasteiger partial charge in [0, 0.05) is 0 Å². The first-order chi connectivity index (χ1) is 10.0. The Labute approximate surface area is 135 Å². The van der Waals surface area contributed by atoms with E-state index in [9.17, 15) is 4.79 Å². The summed E-state index contributed by atoms with van der Waals surface area (Å²) in [4.78, 5) is 11.2. The number of methoxy groups -OCH3 is 1. The lowest BCUT2D eigenvalue weighted by Crippen LogP contribution is -2.04. The maximum atomic E-state index is 11.2.